The average Bonchev–Trinajstić information content (AvgIpc) is 3.05. The largest absolute Gasteiger partial charge is 0.387 e. The van der Waals surface area contributed by atoms with Crippen LogP contribution in [0.1, 0.15) is 12.8 Å². The highest BCUT2D eigenvalue weighted by molar-refractivity contribution is 6.06. The molecule has 1 aliphatic heterocycles. The van der Waals surface area contributed by atoms with Crippen LogP contribution in [0.15, 0.2) is 36.0 Å². The lowest BCUT2D eigenvalue weighted by molar-refractivity contribution is -0.384. The third-order valence-corrected chi connectivity index (χ3v) is 3.32. The Bertz CT molecular complexity index is 642. The molecule has 2 rings (SSSR count). The molecule has 0 spiro atoms. The van der Waals surface area contributed by atoms with Crippen molar-refractivity contribution >= 4 is 17.3 Å². The van der Waals surface area contributed by atoms with Gasteiger partial charge >= 0.3 is 0 Å². The molecule has 1 saturated heterocycles. The summed E-state index contributed by atoms with van der Waals surface area (Å²) in [5.74, 6) is -0.582. The Morgan fingerprint density at radius 2 is 2.22 bits per heavy atom. The van der Waals surface area contributed by atoms with Gasteiger partial charge < -0.3 is 15.4 Å². The Morgan fingerprint density at radius 3 is 2.78 bits per heavy atom. The van der Waals surface area contributed by atoms with Crippen molar-refractivity contribution in [3.63, 3.8) is 0 Å². The summed E-state index contributed by atoms with van der Waals surface area (Å²) in [4.78, 5) is 22.0. The molecule has 1 aromatic carbocycles. The van der Waals surface area contributed by atoms with Crippen molar-refractivity contribution in [3.8, 4) is 6.07 Å². The van der Waals surface area contributed by atoms with Crippen molar-refractivity contribution in [2.24, 2.45) is 0 Å². The molecule has 0 bridgehead atoms. The second-order valence-corrected chi connectivity index (χ2v) is 4.97. The van der Waals surface area contributed by atoms with E-state index in [1.165, 1.54) is 30.5 Å². The van der Waals surface area contributed by atoms with E-state index < -0.39 is 10.8 Å². The van der Waals surface area contributed by atoms with E-state index in [2.05, 4.69) is 10.6 Å². The molecule has 1 unspecified atom stereocenters. The minimum Gasteiger partial charge on any atom is -0.387 e. The summed E-state index contributed by atoms with van der Waals surface area (Å²) in [6.07, 6.45) is 3.42. The third-order valence-electron chi connectivity index (χ3n) is 3.32. The van der Waals surface area contributed by atoms with Crippen LogP contribution in [0.4, 0.5) is 11.4 Å². The van der Waals surface area contributed by atoms with E-state index in [1.54, 1.807) is 0 Å². The monoisotopic (exact) mass is 316 g/mol. The average molecular weight is 316 g/mol. The summed E-state index contributed by atoms with van der Waals surface area (Å²) >= 11 is 0. The maximum absolute atomic E-state index is 12.0. The van der Waals surface area contributed by atoms with Gasteiger partial charge in [-0.15, -0.1) is 0 Å². The summed E-state index contributed by atoms with van der Waals surface area (Å²) < 4.78 is 5.42. The standard InChI is InChI=1S/C15H16N4O4/c16-8-11(9-17-10-14-2-1-7-23-14)15(20)18-12-3-5-13(6-4-12)19(21)22/h3-6,9,14,17H,1-2,7,10H2,(H,18,20)/b11-9-. The predicted molar refractivity (Wildman–Crippen MR) is 82.4 cm³/mol. The highest BCUT2D eigenvalue weighted by atomic mass is 16.6. The first-order chi connectivity index (χ1) is 11.1. The number of rotatable bonds is 6. The lowest BCUT2D eigenvalue weighted by Crippen LogP contribution is -2.24. The number of nitro groups is 1. The van der Waals surface area contributed by atoms with Crippen molar-refractivity contribution in [1.29, 1.82) is 5.26 Å². The molecule has 120 valence electrons. The van der Waals surface area contributed by atoms with Crippen LogP contribution >= 0.6 is 0 Å². The first-order valence-electron chi connectivity index (χ1n) is 7.11. The van der Waals surface area contributed by atoms with Gasteiger partial charge in [0.15, 0.2) is 0 Å². The molecule has 0 aliphatic carbocycles. The van der Waals surface area contributed by atoms with Gasteiger partial charge in [-0.1, -0.05) is 0 Å². The molecule has 8 nitrogen and oxygen atoms in total. The second-order valence-electron chi connectivity index (χ2n) is 4.97. The Hall–Kier alpha value is -2.92. The highest BCUT2D eigenvalue weighted by Gasteiger charge is 2.15. The molecular weight excluding hydrogens is 300 g/mol. The number of nitriles is 1. The van der Waals surface area contributed by atoms with E-state index >= 15 is 0 Å². The van der Waals surface area contributed by atoms with Crippen LogP contribution in [0.25, 0.3) is 0 Å². The van der Waals surface area contributed by atoms with Gasteiger partial charge in [-0.05, 0) is 25.0 Å². The van der Waals surface area contributed by atoms with Gasteiger partial charge in [-0.2, -0.15) is 5.26 Å². The number of carbonyl (C=O) groups excluding carboxylic acids is 1. The maximum Gasteiger partial charge on any atom is 0.269 e. The molecular formula is C15H16N4O4. The molecule has 2 N–H and O–H groups in total. The Balaban J connectivity index is 1.91. The van der Waals surface area contributed by atoms with E-state index in [9.17, 15) is 14.9 Å². The molecule has 0 aromatic heterocycles. The van der Waals surface area contributed by atoms with Crippen LogP contribution in [0.5, 0.6) is 0 Å². The van der Waals surface area contributed by atoms with Crippen LogP contribution in [0.3, 0.4) is 0 Å². The van der Waals surface area contributed by atoms with Crippen LogP contribution in [0, 0.1) is 21.4 Å². The summed E-state index contributed by atoms with van der Waals surface area (Å²) in [5, 5.41) is 25.0. The number of non-ortho nitro benzene ring substituents is 1. The van der Waals surface area contributed by atoms with Crippen molar-refractivity contribution in [3.05, 3.63) is 46.2 Å². The molecule has 1 amide bonds. The first kappa shape index (κ1) is 16.5. The zero-order valence-electron chi connectivity index (χ0n) is 12.3. The van der Waals surface area contributed by atoms with Gasteiger partial charge in [-0.25, -0.2) is 0 Å². The fourth-order valence-corrected chi connectivity index (χ4v) is 2.11. The van der Waals surface area contributed by atoms with Crippen LogP contribution in [0.2, 0.25) is 0 Å². The van der Waals surface area contributed by atoms with Crippen LogP contribution < -0.4 is 10.6 Å². The first-order valence-corrected chi connectivity index (χ1v) is 7.11. The number of hydrogen-bond donors (Lipinski definition) is 2. The number of ether oxygens (including phenoxy) is 1. The summed E-state index contributed by atoms with van der Waals surface area (Å²) in [7, 11) is 0. The smallest absolute Gasteiger partial charge is 0.269 e. The van der Waals surface area contributed by atoms with E-state index in [4.69, 9.17) is 10.00 Å². The number of carbonyl (C=O) groups is 1. The number of amides is 1. The molecule has 1 heterocycles. The van der Waals surface area contributed by atoms with Crippen molar-refractivity contribution in [2.45, 2.75) is 18.9 Å². The topological polar surface area (TPSA) is 117 Å². The summed E-state index contributed by atoms with van der Waals surface area (Å²) in [6, 6.07) is 7.19. The van der Waals surface area contributed by atoms with Crippen molar-refractivity contribution < 1.29 is 14.5 Å². The molecule has 1 aliphatic rings. The van der Waals surface area contributed by atoms with Crippen LogP contribution in [-0.2, 0) is 9.53 Å². The van der Waals surface area contributed by atoms with Gasteiger partial charge in [0, 0.05) is 37.2 Å². The molecule has 1 atom stereocenters. The third kappa shape index (κ3) is 4.79. The SMILES string of the molecule is N#C/C(=C/NCC1CCCO1)C(=O)Nc1ccc([N+](=O)[O-])cc1. The summed E-state index contributed by atoms with van der Waals surface area (Å²) in [5.41, 5.74) is 0.222. The molecule has 0 radical (unpaired) electrons. The lowest BCUT2D eigenvalue weighted by Gasteiger charge is -2.09. The Kier molecular flexibility index (Phi) is 5.66. The summed E-state index contributed by atoms with van der Waals surface area (Å²) in [6.45, 7) is 1.28. The highest BCUT2D eigenvalue weighted by Crippen LogP contribution is 2.16. The van der Waals surface area contributed by atoms with Gasteiger partial charge in [0.05, 0.1) is 11.0 Å². The number of benzene rings is 1. The number of nitro benzene ring substituents is 1. The van der Waals surface area contributed by atoms with Gasteiger partial charge in [-0.3, -0.25) is 14.9 Å². The predicted octanol–water partition coefficient (Wildman–Crippen LogP) is 1.71. The van der Waals surface area contributed by atoms with E-state index in [0.717, 1.165) is 19.4 Å². The van der Waals surface area contributed by atoms with Crippen LogP contribution in [-0.4, -0.2) is 30.1 Å². The van der Waals surface area contributed by atoms with Gasteiger partial charge in [0.2, 0.25) is 0 Å². The van der Waals surface area contributed by atoms with E-state index in [1.807, 2.05) is 6.07 Å². The van der Waals surface area contributed by atoms with Crippen molar-refractivity contribution in [1.82, 2.24) is 5.32 Å². The fraction of sp³-hybridized carbons (Fsp3) is 0.333. The van der Waals surface area contributed by atoms with Crippen molar-refractivity contribution in [2.75, 3.05) is 18.5 Å². The minimum atomic E-state index is -0.582. The second kappa shape index (κ2) is 7.91. The number of anilines is 1. The zero-order valence-corrected chi connectivity index (χ0v) is 12.3. The molecule has 0 saturated carbocycles. The molecule has 8 heteroatoms. The fourth-order valence-electron chi connectivity index (χ4n) is 2.11. The number of nitrogens with zero attached hydrogens (tertiary/aromatic N) is 2. The molecule has 23 heavy (non-hydrogen) atoms. The number of hydrogen-bond acceptors (Lipinski definition) is 6. The van der Waals surface area contributed by atoms with E-state index in [-0.39, 0.29) is 17.4 Å². The molecule has 1 fully saturated rings. The zero-order chi connectivity index (χ0) is 16.7. The normalized spacial score (nSPS) is 17.3. The Labute approximate surface area is 132 Å². The maximum atomic E-state index is 12.0. The van der Waals surface area contributed by atoms with Gasteiger partial charge in [0.25, 0.3) is 11.6 Å². The van der Waals surface area contributed by atoms with Gasteiger partial charge in [0.1, 0.15) is 11.6 Å². The minimum absolute atomic E-state index is 0.0720. The quantitative estimate of drug-likeness (QED) is 0.357. The lowest BCUT2D eigenvalue weighted by atomic mass is 10.2. The van der Waals surface area contributed by atoms with E-state index in [0.29, 0.717) is 12.2 Å². The Morgan fingerprint density at radius 1 is 1.48 bits per heavy atom. The molecule has 1 aromatic rings. The number of nitrogens with one attached hydrogen (secondary N) is 2.